The monoisotopic (exact) mass is 641 g/mol. The molecule has 6 fully saturated rings. The number of thioether (sulfide) groups is 1. The van der Waals surface area contributed by atoms with E-state index in [2.05, 4.69) is 28.2 Å². The summed E-state index contributed by atoms with van der Waals surface area (Å²) in [6, 6.07) is -0.0856. The van der Waals surface area contributed by atoms with Gasteiger partial charge >= 0.3 is 26.6 Å². The second-order valence-electron chi connectivity index (χ2n) is 12.0. The molecule has 4 bridgehead atoms. The molecule has 6 rings (SSSR count). The van der Waals surface area contributed by atoms with Gasteiger partial charge in [0.2, 0.25) is 0 Å². The van der Waals surface area contributed by atoms with Crippen LogP contribution >= 0.6 is 11.8 Å². The Hall–Kier alpha value is -0.480. The third kappa shape index (κ3) is 12.6. The lowest BCUT2D eigenvalue weighted by Crippen LogP contribution is -2.35. The maximum absolute atomic E-state index is 11.7. The Morgan fingerprint density at radius 2 is 1.29 bits per heavy atom. The molecule has 0 saturated heterocycles. The Morgan fingerprint density at radius 3 is 1.66 bits per heavy atom. The van der Waals surface area contributed by atoms with E-state index >= 15 is 0 Å². The first-order chi connectivity index (χ1) is 19.4. The van der Waals surface area contributed by atoms with Crippen molar-refractivity contribution in [2.45, 2.75) is 108 Å². The van der Waals surface area contributed by atoms with Crippen LogP contribution in [0.4, 0.5) is 0 Å². The van der Waals surface area contributed by atoms with Crippen LogP contribution in [0.15, 0.2) is 0 Å². The van der Waals surface area contributed by atoms with E-state index in [1.54, 1.807) is 0 Å². The SMILES string of the molecule is CCN(CC)CCOC(=O)CSC1C2CC3C(C2)C31.O=S(=O)(O)NC1CCCCC1.O=S(=O)(O)NC1CCCCC1. The summed E-state index contributed by atoms with van der Waals surface area (Å²) in [5, 5.41) is 0.783. The molecule has 0 aliphatic heterocycles. The zero-order valence-corrected chi connectivity index (χ0v) is 27.0. The normalized spacial score (nSPS) is 29.3. The van der Waals surface area contributed by atoms with E-state index in [4.69, 9.17) is 13.8 Å². The van der Waals surface area contributed by atoms with Gasteiger partial charge in [0.15, 0.2) is 0 Å². The van der Waals surface area contributed by atoms with Gasteiger partial charge in [-0.1, -0.05) is 52.4 Å². The summed E-state index contributed by atoms with van der Waals surface area (Å²) in [7, 11) is -7.95. The molecular formula is C27H51N3O8S3. The van der Waals surface area contributed by atoms with Gasteiger partial charge in [0.25, 0.3) is 0 Å². The number of carbonyl (C=O) groups is 1. The maximum Gasteiger partial charge on any atom is 0.333 e. The fourth-order valence-electron chi connectivity index (χ4n) is 7.15. The molecule has 0 radical (unpaired) electrons. The third-order valence-corrected chi connectivity index (χ3v) is 11.9. The van der Waals surface area contributed by atoms with Crippen LogP contribution in [0.25, 0.3) is 0 Å². The van der Waals surface area contributed by atoms with Crippen molar-refractivity contribution in [2.24, 2.45) is 23.7 Å². The highest BCUT2D eigenvalue weighted by Gasteiger charge is 2.68. The Labute approximate surface area is 251 Å². The number of hydrogen-bond acceptors (Lipinski definition) is 8. The molecular weight excluding hydrogens is 591 g/mol. The van der Waals surface area contributed by atoms with E-state index < -0.39 is 20.6 Å². The Kier molecular flexibility index (Phi) is 14.1. The van der Waals surface area contributed by atoms with E-state index in [0.29, 0.717) is 12.4 Å². The van der Waals surface area contributed by atoms with E-state index in [9.17, 15) is 21.6 Å². The van der Waals surface area contributed by atoms with Crippen LogP contribution in [0.1, 0.15) is 90.9 Å². The maximum atomic E-state index is 11.7. The lowest BCUT2D eigenvalue weighted by Gasteiger charge is -2.20. The van der Waals surface area contributed by atoms with Crippen molar-refractivity contribution >= 4 is 38.3 Å². The summed E-state index contributed by atoms with van der Waals surface area (Å²) in [6.07, 6.45) is 12.8. The van der Waals surface area contributed by atoms with Crippen LogP contribution in [0, 0.1) is 23.7 Å². The average Bonchev–Trinajstić information content (AvgIpc) is 3.22. The van der Waals surface area contributed by atoms with Gasteiger partial charge in [0, 0.05) is 23.9 Å². The molecule has 0 aromatic carbocycles. The first-order valence-electron chi connectivity index (χ1n) is 15.4. The fraction of sp³-hybridized carbons (Fsp3) is 0.963. The van der Waals surface area contributed by atoms with Crippen molar-refractivity contribution < 1.29 is 35.5 Å². The number of nitrogens with one attached hydrogen (secondary N) is 2. The van der Waals surface area contributed by atoms with Crippen LogP contribution in [0.2, 0.25) is 0 Å². The first kappa shape index (κ1) is 35.0. The predicted molar refractivity (Wildman–Crippen MR) is 161 cm³/mol. The zero-order chi connectivity index (χ0) is 30.0. The highest BCUT2D eigenvalue weighted by atomic mass is 32.2. The van der Waals surface area contributed by atoms with E-state index in [-0.39, 0.29) is 18.1 Å². The molecule has 6 aliphatic rings. The molecule has 11 nitrogen and oxygen atoms in total. The van der Waals surface area contributed by atoms with Crippen molar-refractivity contribution in [3.05, 3.63) is 0 Å². The van der Waals surface area contributed by atoms with Gasteiger partial charge in [0.05, 0.1) is 5.75 Å². The largest absolute Gasteiger partial charge is 0.464 e. The second kappa shape index (κ2) is 16.6. The molecule has 3 unspecified atom stereocenters. The number of carbonyl (C=O) groups excluding carboxylic acids is 1. The summed E-state index contributed by atoms with van der Waals surface area (Å²) in [4.78, 5) is 14.0. The quantitative estimate of drug-likeness (QED) is 0.183. The Balaban J connectivity index is 0.000000181. The third-order valence-electron chi connectivity index (χ3n) is 9.19. The summed E-state index contributed by atoms with van der Waals surface area (Å²) in [6.45, 7) is 7.73. The van der Waals surface area contributed by atoms with Crippen molar-refractivity contribution in [2.75, 3.05) is 32.0 Å². The van der Waals surface area contributed by atoms with Crippen LogP contribution < -0.4 is 9.44 Å². The van der Waals surface area contributed by atoms with Gasteiger partial charge in [-0.05, 0) is 75.3 Å². The zero-order valence-electron chi connectivity index (χ0n) is 24.6. The minimum Gasteiger partial charge on any atom is -0.464 e. The fourth-order valence-corrected chi connectivity index (χ4v) is 9.99. The minimum atomic E-state index is -3.97. The number of ether oxygens (including phenoxy) is 1. The van der Waals surface area contributed by atoms with Gasteiger partial charge in [-0.2, -0.15) is 26.3 Å². The summed E-state index contributed by atoms with van der Waals surface area (Å²) in [5.41, 5.74) is 0. The summed E-state index contributed by atoms with van der Waals surface area (Å²) in [5.74, 6) is 4.53. The molecule has 240 valence electrons. The minimum absolute atomic E-state index is 0.0153. The molecule has 3 atom stereocenters. The highest BCUT2D eigenvalue weighted by molar-refractivity contribution is 8.00. The van der Waals surface area contributed by atoms with Gasteiger partial charge in [0.1, 0.15) is 6.61 Å². The predicted octanol–water partition coefficient (Wildman–Crippen LogP) is 3.68. The number of likely N-dealkylation sites (N-methyl/N-ethyl adjacent to an activating group) is 1. The first-order valence-corrected chi connectivity index (χ1v) is 19.3. The highest BCUT2D eigenvalue weighted by Crippen LogP contribution is 2.73. The number of hydrogen-bond donors (Lipinski definition) is 4. The molecule has 4 N–H and O–H groups in total. The van der Waals surface area contributed by atoms with E-state index in [0.717, 1.165) is 99.9 Å². The van der Waals surface area contributed by atoms with Crippen molar-refractivity contribution in [3.8, 4) is 0 Å². The molecule has 0 spiro atoms. The molecule has 0 aromatic heterocycles. The molecule has 0 heterocycles. The molecule has 0 aromatic rings. The van der Waals surface area contributed by atoms with Crippen molar-refractivity contribution in [3.63, 3.8) is 0 Å². The van der Waals surface area contributed by atoms with Crippen molar-refractivity contribution in [1.82, 2.24) is 14.3 Å². The molecule has 6 saturated carbocycles. The topological polar surface area (TPSA) is 162 Å². The molecule has 0 amide bonds. The van der Waals surface area contributed by atoms with Crippen molar-refractivity contribution in [1.29, 1.82) is 0 Å². The van der Waals surface area contributed by atoms with Crippen LogP contribution in [0.5, 0.6) is 0 Å². The number of rotatable bonds is 12. The molecule has 41 heavy (non-hydrogen) atoms. The summed E-state index contributed by atoms with van der Waals surface area (Å²) >= 11 is 1.87. The van der Waals surface area contributed by atoms with E-state index in [1.807, 2.05) is 11.8 Å². The standard InChI is InChI=1S/C15H25NO2S.2C6H13NO3S/c1-3-16(4-2)5-6-18-13(17)9-19-15-10-7-11-12(8-10)14(11)15;2*8-11(9,10)7-6-4-2-1-3-5-6/h10-12,14-15H,3-9H2,1-2H3;2*6-7H,1-5H2,(H,8,9,10). The second-order valence-corrected chi connectivity index (χ2v) is 15.6. The van der Waals surface area contributed by atoms with Crippen LogP contribution in [-0.2, 0) is 30.1 Å². The number of esters is 1. The van der Waals surface area contributed by atoms with Crippen LogP contribution in [-0.4, -0.2) is 86.1 Å². The van der Waals surface area contributed by atoms with Gasteiger partial charge in [-0.15, -0.1) is 11.8 Å². The van der Waals surface area contributed by atoms with Gasteiger partial charge in [-0.25, -0.2) is 0 Å². The number of nitrogens with zero attached hydrogens (tertiary/aromatic N) is 1. The van der Waals surface area contributed by atoms with E-state index in [1.165, 1.54) is 25.7 Å². The molecule has 6 aliphatic carbocycles. The Bertz CT molecular complexity index is 951. The lowest BCUT2D eigenvalue weighted by atomic mass is 9.96. The Morgan fingerprint density at radius 1 is 0.829 bits per heavy atom. The van der Waals surface area contributed by atoms with Gasteiger partial charge < -0.3 is 9.64 Å². The van der Waals surface area contributed by atoms with Gasteiger partial charge in [-0.3, -0.25) is 13.9 Å². The average molecular weight is 642 g/mol. The van der Waals surface area contributed by atoms with Crippen LogP contribution in [0.3, 0.4) is 0 Å². The smallest absolute Gasteiger partial charge is 0.333 e. The summed E-state index contributed by atoms with van der Waals surface area (Å²) < 4.78 is 67.9. The lowest BCUT2D eigenvalue weighted by molar-refractivity contribution is -0.140. The molecule has 14 heteroatoms.